The summed E-state index contributed by atoms with van der Waals surface area (Å²) in [5.74, 6) is 0. The maximum atomic E-state index is 4.63. The zero-order valence-electron chi connectivity index (χ0n) is 3.94. The van der Waals surface area contributed by atoms with Crippen LogP contribution < -0.4 is 0 Å². The predicted octanol–water partition coefficient (Wildman–Crippen LogP) is 0.854. The number of ether oxygens (including phenoxy) is 1. The van der Waals surface area contributed by atoms with E-state index in [0.717, 1.165) is 13.0 Å². The Kier molecular flexibility index (Phi) is 15.0. The van der Waals surface area contributed by atoms with E-state index in [0.29, 0.717) is 0 Å². The largest absolute Gasteiger partial charge is 2.00 e. The van der Waals surface area contributed by atoms with E-state index in [1.54, 1.807) is 7.11 Å². The van der Waals surface area contributed by atoms with Gasteiger partial charge in [0.15, 0.2) is 0 Å². The van der Waals surface area contributed by atoms with Crippen molar-refractivity contribution in [2.75, 3.05) is 13.7 Å². The van der Waals surface area contributed by atoms with Gasteiger partial charge in [0.25, 0.3) is 0 Å². The molecule has 0 aromatic heterocycles. The molecule has 0 atom stereocenters. The van der Waals surface area contributed by atoms with Crippen molar-refractivity contribution >= 4 is 0 Å². The fourth-order valence-corrected chi connectivity index (χ4v) is 0.144. The van der Waals surface area contributed by atoms with Gasteiger partial charge in [-0.05, 0) is 0 Å². The van der Waals surface area contributed by atoms with Crippen LogP contribution >= 0.6 is 0 Å². The molecule has 1 nitrogen and oxygen atoms in total. The minimum atomic E-state index is 0. The Hall–Kier alpha value is 0.648. The zero-order valence-corrected chi connectivity index (χ0v) is 6.87. The van der Waals surface area contributed by atoms with Crippen LogP contribution in [0.25, 0.3) is 0 Å². The third-order valence-electron chi connectivity index (χ3n) is 0.348. The summed E-state index contributed by atoms with van der Waals surface area (Å²) >= 11 is 0. The molecule has 6 heavy (non-hydrogen) atoms. The molecule has 0 unspecified atom stereocenters. The van der Waals surface area contributed by atoms with E-state index in [1.165, 1.54) is 0 Å². The van der Waals surface area contributed by atoms with E-state index in [9.17, 15) is 0 Å². The zero-order chi connectivity index (χ0) is 4.12. The maximum absolute atomic E-state index is 4.63. The maximum Gasteiger partial charge on any atom is 2.00 e. The summed E-state index contributed by atoms with van der Waals surface area (Å²) < 4.78 is 4.63. The molecule has 0 rings (SSSR count). The van der Waals surface area contributed by atoms with Crippen molar-refractivity contribution in [3.8, 4) is 0 Å². The Labute approximate surface area is 53.3 Å². The summed E-state index contributed by atoms with van der Waals surface area (Å²) in [5.41, 5.74) is 0. The third-order valence-corrected chi connectivity index (χ3v) is 0.348. The van der Waals surface area contributed by atoms with Gasteiger partial charge in [0, 0.05) is 13.7 Å². The molecule has 0 fully saturated rings. The van der Waals surface area contributed by atoms with E-state index < -0.39 is 0 Å². The van der Waals surface area contributed by atoms with Crippen molar-refractivity contribution in [1.29, 1.82) is 0 Å². The Balaban J connectivity index is 0. The van der Waals surface area contributed by atoms with Gasteiger partial charge < -0.3 is 11.7 Å². The summed E-state index contributed by atoms with van der Waals surface area (Å²) in [7, 11) is 1.67. The van der Waals surface area contributed by atoms with Crippen LogP contribution in [0.1, 0.15) is 6.42 Å². The summed E-state index contributed by atoms with van der Waals surface area (Å²) in [6, 6.07) is 0. The quantitative estimate of drug-likeness (QED) is 0.666. The van der Waals surface area contributed by atoms with Gasteiger partial charge in [-0.1, -0.05) is 0 Å². The Morgan fingerprint density at radius 1 is 1.67 bits per heavy atom. The monoisotopic (exact) mass is 257 g/mol. The molecular formula is C4H9OW+. The van der Waals surface area contributed by atoms with E-state index in [1.807, 2.05) is 0 Å². The van der Waals surface area contributed by atoms with E-state index >= 15 is 0 Å². The van der Waals surface area contributed by atoms with Gasteiger partial charge in [-0.25, -0.2) is 0 Å². The summed E-state index contributed by atoms with van der Waals surface area (Å²) in [5, 5.41) is 0. The molecule has 0 N–H and O–H groups in total. The van der Waals surface area contributed by atoms with Crippen molar-refractivity contribution in [2.45, 2.75) is 6.42 Å². The number of methoxy groups -OCH3 is 1. The molecule has 0 heterocycles. The van der Waals surface area contributed by atoms with Crippen LogP contribution in [0.3, 0.4) is 0 Å². The van der Waals surface area contributed by atoms with Crippen LogP contribution in [0.2, 0.25) is 0 Å². The van der Waals surface area contributed by atoms with Crippen LogP contribution in [0.4, 0.5) is 0 Å². The molecule has 0 aliphatic rings. The molecule has 0 aliphatic heterocycles. The van der Waals surface area contributed by atoms with E-state index in [2.05, 4.69) is 11.7 Å². The predicted molar refractivity (Wildman–Crippen MR) is 21.8 cm³/mol. The van der Waals surface area contributed by atoms with Gasteiger partial charge in [0.2, 0.25) is 0 Å². The van der Waals surface area contributed by atoms with Crippen LogP contribution in [-0.2, 0) is 25.8 Å². The molecule has 2 heteroatoms. The first-order valence-corrected chi connectivity index (χ1v) is 1.70. The second-order valence-corrected chi connectivity index (χ2v) is 0.846. The van der Waals surface area contributed by atoms with Gasteiger partial charge in [0.05, 0.1) is 0 Å². The smallest absolute Gasteiger partial charge is 0.387 e. The number of hydrogen-bond donors (Lipinski definition) is 0. The second kappa shape index (κ2) is 9.17. The SMILES string of the molecule is [CH2-]CCOC.[W+2]. The summed E-state index contributed by atoms with van der Waals surface area (Å²) in [6.45, 7) is 4.33. The van der Waals surface area contributed by atoms with Crippen LogP contribution in [0.15, 0.2) is 0 Å². The number of rotatable bonds is 2. The fourth-order valence-electron chi connectivity index (χ4n) is 0.144. The average Bonchev–Trinajstić information content (AvgIpc) is 1.41. The summed E-state index contributed by atoms with van der Waals surface area (Å²) in [4.78, 5) is 0. The van der Waals surface area contributed by atoms with Crippen molar-refractivity contribution in [1.82, 2.24) is 0 Å². The van der Waals surface area contributed by atoms with Crippen molar-refractivity contribution in [3.63, 3.8) is 0 Å². The number of hydrogen-bond acceptors (Lipinski definition) is 1. The normalized spacial score (nSPS) is 7.00. The molecule has 0 saturated heterocycles. The van der Waals surface area contributed by atoms with Crippen LogP contribution in [0.5, 0.6) is 0 Å². The van der Waals surface area contributed by atoms with Gasteiger partial charge >= 0.3 is 21.1 Å². The molecule has 0 radical (unpaired) electrons. The molecule has 0 aromatic rings. The van der Waals surface area contributed by atoms with Gasteiger partial charge in [-0.3, -0.25) is 0 Å². The van der Waals surface area contributed by atoms with Gasteiger partial charge in [0.1, 0.15) is 0 Å². The van der Waals surface area contributed by atoms with E-state index in [-0.39, 0.29) is 21.1 Å². The minimum Gasteiger partial charge on any atom is -0.387 e. The molecule has 0 aliphatic carbocycles. The first kappa shape index (κ1) is 9.82. The Morgan fingerprint density at radius 3 is 2.17 bits per heavy atom. The van der Waals surface area contributed by atoms with Gasteiger partial charge in [-0.15, -0.1) is 0 Å². The van der Waals surface area contributed by atoms with Crippen LogP contribution in [0, 0.1) is 6.92 Å². The fraction of sp³-hybridized carbons (Fsp3) is 0.750. The summed E-state index contributed by atoms with van der Waals surface area (Å²) in [6.07, 6.45) is 0.872. The standard InChI is InChI=1S/C4H9O.W/c1-3-4-5-2;/h1,3-4H2,2H3;/q-1;+2. The average molecular weight is 257 g/mol. The molecule has 0 spiro atoms. The topological polar surface area (TPSA) is 9.23 Å². The van der Waals surface area contributed by atoms with Crippen molar-refractivity contribution < 1.29 is 25.8 Å². The minimum absolute atomic E-state index is 0. The third kappa shape index (κ3) is 8.82. The van der Waals surface area contributed by atoms with Crippen molar-refractivity contribution in [2.24, 2.45) is 0 Å². The van der Waals surface area contributed by atoms with Crippen LogP contribution in [-0.4, -0.2) is 13.7 Å². The van der Waals surface area contributed by atoms with E-state index in [4.69, 9.17) is 0 Å². The molecule has 0 aromatic carbocycles. The molecule has 0 saturated carbocycles. The van der Waals surface area contributed by atoms with Gasteiger partial charge in [-0.2, -0.15) is 6.42 Å². The first-order chi connectivity index (χ1) is 2.41. The molecule has 0 bridgehead atoms. The van der Waals surface area contributed by atoms with Crippen molar-refractivity contribution in [3.05, 3.63) is 6.92 Å². The second-order valence-electron chi connectivity index (χ2n) is 0.846. The molecule has 0 amide bonds. The Morgan fingerprint density at radius 2 is 2.17 bits per heavy atom. The molecular weight excluding hydrogens is 248 g/mol. The first-order valence-electron chi connectivity index (χ1n) is 1.70. The Bertz CT molecular complexity index is 15.0. The molecule has 36 valence electrons.